The van der Waals surface area contributed by atoms with E-state index < -0.39 is 24.3 Å². The number of carbonyl (C=O) groups excluding carboxylic acids is 1. The van der Waals surface area contributed by atoms with E-state index in [1.54, 1.807) is 23.0 Å². The first-order chi connectivity index (χ1) is 15.6. The highest BCUT2D eigenvalue weighted by Crippen LogP contribution is 2.32. The molecule has 168 valence electrons. The van der Waals surface area contributed by atoms with Crippen LogP contribution in [0.1, 0.15) is 29.4 Å². The maximum atomic E-state index is 14.5. The average Bonchev–Trinajstić information content (AvgIpc) is 3.52. The molecule has 2 fully saturated rings. The monoisotopic (exact) mass is 442 g/mol. The molecule has 0 saturated carbocycles. The molecule has 2 aromatic heterocycles. The van der Waals surface area contributed by atoms with Crippen LogP contribution in [0.25, 0.3) is 11.2 Å². The Balaban J connectivity index is 1.35. The summed E-state index contributed by atoms with van der Waals surface area (Å²) >= 11 is 0. The number of hydrogen-bond acceptors (Lipinski definition) is 9. The third-order valence-corrected chi connectivity index (χ3v) is 6.01. The molecule has 4 atom stereocenters. The van der Waals surface area contributed by atoms with Gasteiger partial charge in [0.1, 0.15) is 12.4 Å². The Hall–Kier alpha value is -3.15. The summed E-state index contributed by atoms with van der Waals surface area (Å²) in [5, 5.41) is 23.0. The maximum Gasteiger partial charge on any atom is 0.167 e. The molecular formula is C21H23FN6O4. The number of aliphatic hydroxyl groups excluding tert-OH is 2. The van der Waals surface area contributed by atoms with E-state index in [-0.39, 0.29) is 18.2 Å². The van der Waals surface area contributed by atoms with Crippen molar-refractivity contribution in [1.29, 1.82) is 0 Å². The molecule has 0 amide bonds. The van der Waals surface area contributed by atoms with Crippen molar-refractivity contribution in [3.8, 4) is 0 Å². The Kier molecular flexibility index (Phi) is 5.45. The van der Waals surface area contributed by atoms with Crippen LogP contribution in [0.3, 0.4) is 0 Å². The first kappa shape index (κ1) is 20.7. The van der Waals surface area contributed by atoms with E-state index in [9.17, 15) is 19.4 Å². The summed E-state index contributed by atoms with van der Waals surface area (Å²) in [6.07, 6.45) is 2.65. The lowest BCUT2D eigenvalue weighted by Crippen LogP contribution is -2.27. The van der Waals surface area contributed by atoms with E-state index in [0.717, 1.165) is 6.42 Å². The van der Waals surface area contributed by atoms with Gasteiger partial charge in [-0.15, -0.1) is 0 Å². The Labute approximate surface area is 182 Å². The van der Waals surface area contributed by atoms with Gasteiger partial charge in [0.2, 0.25) is 0 Å². The van der Waals surface area contributed by atoms with Gasteiger partial charge in [-0.05, 0) is 18.6 Å². The van der Waals surface area contributed by atoms with E-state index in [1.807, 2.05) is 4.90 Å². The van der Waals surface area contributed by atoms with E-state index in [1.165, 1.54) is 12.4 Å². The molecule has 2 aliphatic heterocycles. The SMILES string of the molecule is O=Cc1cccc(N2CCC(Nc3ncnc4c3ncn4[C@@H]3O[C@H](CO)C[C@H]3O)C2)c1F. The first-order valence-electron chi connectivity index (χ1n) is 10.5. The number of aromatic nitrogens is 4. The molecular weight excluding hydrogens is 419 g/mol. The fourth-order valence-corrected chi connectivity index (χ4v) is 4.40. The van der Waals surface area contributed by atoms with Gasteiger partial charge in [-0.2, -0.15) is 0 Å². The van der Waals surface area contributed by atoms with Gasteiger partial charge in [-0.25, -0.2) is 19.3 Å². The number of ether oxygens (including phenoxy) is 1. The standard InChI is InChI=1S/C21H23FN6O4/c22-17-12(8-29)2-1-3-15(17)27-5-4-13(7-27)26-19-18-20(24-10-23-19)28(11-25-18)21-16(31)6-14(9-30)32-21/h1-3,8,10-11,13-14,16,21,30-31H,4-7,9H2,(H,23,24,26)/t13?,14-,16+,21+/m0/s1. The van der Waals surface area contributed by atoms with Crippen LogP contribution in [-0.4, -0.2) is 74.0 Å². The predicted octanol–water partition coefficient (Wildman–Crippen LogP) is 1.11. The van der Waals surface area contributed by atoms with Gasteiger partial charge in [-0.3, -0.25) is 9.36 Å². The Morgan fingerprint density at radius 2 is 2.19 bits per heavy atom. The lowest BCUT2D eigenvalue weighted by molar-refractivity contribution is -0.0486. The number of benzene rings is 1. The number of aliphatic hydroxyl groups is 2. The number of nitrogens with one attached hydrogen (secondary N) is 1. The fourth-order valence-electron chi connectivity index (χ4n) is 4.40. The largest absolute Gasteiger partial charge is 0.394 e. The van der Waals surface area contributed by atoms with Gasteiger partial charge < -0.3 is 25.2 Å². The molecule has 11 heteroatoms. The molecule has 32 heavy (non-hydrogen) atoms. The summed E-state index contributed by atoms with van der Waals surface area (Å²) < 4.78 is 21.9. The van der Waals surface area contributed by atoms with Gasteiger partial charge in [-0.1, -0.05) is 6.07 Å². The fraction of sp³-hybridized carbons (Fsp3) is 0.429. The molecule has 1 unspecified atom stereocenters. The summed E-state index contributed by atoms with van der Waals surface area (Å²) in [6, 6.07) is 4.79. The van der Waals surface area contributed by atoms with Crippen LogP contribution in [0.15, 0.2) is 30.9 Å². The van der Waals surface area contributed by atoms with E-state index >= 15 is 0 Å². The number of fused-ring (bicyclic) bond motifs is 1. The van der Waals surface area contributed by atoms with Crippen LogP contribution in [-0.2, 0) is 4.74 Å². The third-order valence-electron chi connectivity index (χ3n) is 6.01. The van der Waals surface area contributed by atoms with Crippen LogP contribution in [0, 0.1) is 5.82 Å². The highest BCUT2D eigenvalue weighted by molar-refractivity contribution is 5.83. The summed E-state index contributed by atoms with van der Waals surface area (Å²) in [7, 11) is 0. The summed E-state index contributed by atoms with van der Waals surface area (Å²) in [5.74, 6) is 0.0246. The van der Waals surface area contributed by atoms with Gasteiger partial charge >= 0.3 is 0 Å². The van der Waals surface area contributed by atoms with Crippen LogP contribution in [0.4, 0.5) is 15.9 Å². The minimum Gasteiger partial charge on any atom is -0.394 e. The van der Waals surface area contributed by atoms with Gasteiger partial charge in [0.25, 0.3) is 0 Å². The van der Waals surface area contributed by atoms with Crippen LogP contribution < -0.4 is 10.2 Å². The zero-order valence-corrected chi connectivity index (χ0v) is 17.1. The Morgan fingerprint density at radius 1 is 1.31 bits per heavy atom. The van der Waals surface area contributed by atoms with Crippen molar-refractivity contribution in [3.05, 3.63) is 42.2 Å². The number of hydrogen-bond donors (Lipinski definition) is 3. The van der Waals surface area contributed by atoms with Gasteiger partial charge in [0.15, 0.2) is 35.3 Å². The summed E-state index contributed by atoms with van der Waals surface area (Å²) in [4.78, 5) is 26.0. The van der Waals surface area contributed by atoms with Crippen LogP contribution >= 0.6 is 0 Å². The number of aldehydes is 1. The smallest absolute Gasteiger partial charge is 0.167 e. The zero-order valence-electron chi connectivity index (χ0n) is 17.1. The molecule has 4 heterocycles. The highest BCUT2D eigenvalue weighted by atomic mass is 19.1. The second-order valence-electron chi connectivity index (χ2n) is 8.05. The molecule has 3 N–H and O–H groups in total. The summed E-state index contributed by atoms with van der Waals surface area (Å²) in [6.45, 7) is 0.995. The number of halogens is 1. The second kappa shape index (κ2) is 8.41. The molecule has 2 saturated heterocycles. The lowest BCUT2D eigenvalue weighted by Gasteiger charge is -2.20. The lowest BCUT2D eigenvalue weighted by atomic mass is 10.2. The van der Waals surface area contributed by atoms with Gasteiger partial charge in [0, 0.05) is 25.6 Å². The molecule has 3 aromatic rings. The van der Waals surface area contributed by atoms with Crippen LogP contribution in [0.5, 0.6) is 0 Å². The maximum absolute atomic E-state index is 14.5. The topological polar surface area (TPSA) is 126 Å². The van der Waals surface area contributed by atoms with E-state index in [2.05, 4.69) is 20.3 Å². The number of carbonyl (C=O) groups is 1. The minimum absolute atomic E-state index is 0.00960. The number of nitrogens with zero attached hydrogens (tertiary/aromatic N) is 5. The van der Waals surface area contributed by atoms with Crippen molar-refractivity contribution in [3.63, 3.8) is 0 Å². The minimum atomic E-state index is -0.781. The molecule has 1 aromatic carbocycles. The van der Waals surface area contributed by atoms with Crippen molar-refractivity contribution in [2.45, 2.75) is 37.3 Å². The van der Waals surface area contributed by atoms with Crippen molar-refractivity contribution in [2.24, 2.45) is 0 Å². The molecule has 0 bridgehead atoms. The Morgan fingerprint density at radius 3 is 2.97 bits per heavy atom. The Bertz CT molecular complexity index is 1140. The van der Waals surface area contributed by atoms with Crippen molar-refractivity contribution in [2.75, 3.05) is 29.9 Å². The van der Waals surface area contributed by atoms with E-state index in [4.69, 9.17) is 4.74 Å². The number of imidazole rings is 1. The van der Waals surface area contributed by atoms with Gasteiger partial charge in [0.05, 0.1) is 30.3 Å². The normalized spacial score (nSPS) is 25.5. The van der Waals surface area contributed by atoms with Crippen molar-refractivity contribution >= 4 is 29.0 Å². The van der Waals surface area contributed by atoms with Crippen LogP contribution in [0.2, 0.25) is 0 Å². The molecule has 0 spiro atoms. The van der Waals surface area contributed by atoms with Crippen molar-refractivity contribution < 1.29 is 24.1 Å². The molecule has 5 rings (SSSR count). The second-order valence-corrected chi connectivity index (χ2v) is 8.05. The molecule has 0 radical (unpaired) electrons. The number of rotatable bonds is 6. The van der Waals surface area contributed by atoms with Crippen molar-refractivity contribution in [1.82, 2.24) is 19.5 Å². The predicted molar refractivity (Wildman–Crippen MR) is 113 cm³/mol. The quantitative estimate of drug-likeness (QED) is 0.481. The number of anilines is 2. The third kappa shape index (κ3) is 3.57. The zero-order chi connectivity index (χ0) is 22.2. The molecule has 0 aliphatic carbocycles. The molecule has 2 aliphatic rings. The van der Waals surface area contributed by atoms with E-state index in [0.29, 0.717) is 48.5 Å². The molecule has 10 nitrogen and oxygen atoms in total. The highest BCUT2D eigenvalue weighted by Gasteiger charge is 2.36. The first-order valence-corrected chi connectivity index (χ1v) is 10.5. The average molecular weight is 442 g/mol. The summed E-state index contributed by atoms with van der Waals surface area (Å²) in [5.41, 5.74) is 1.48.